The van der Waals surface area contributed by atoms with E-state index in [-0.39, 0.29) is 17.6 Å². The van der Waals surface area contributed by atoms with Gasteiger partial charge in [-0.2, -0.15) is 13.2 Å². The number of carbonyl (C=O) groups excluding carboxylic acids is 1. The van der Waals surface area contributed by atoms with Crippen molar-refractivity contribution < 1.29 is 37.3 Å². The molecule has 0 aliphatic carbocycles. The summed E-state index contributed by atoms with van der Waals surface area (Å²) in [4.78, 5) is 31.3. The number of aliphatic carboxylic acids is 1. The van der Waals surface area contributed by atoms with Crippen molar-refractivity contribution >= 4 is 22.8 Å². The molecular formula is C25H26F3N3O5. The number of rotatable bonds is 4. The molecule has 2 saturated heterocycles. The van der Waals surface area contributed by atoms with Crippen LogP contribution in [0.1, 0.15) is 34.7 Å². The number of nitrogens with one attached hydrogen (secondary N) is 1. The highest BCUT2D eigenvalue weighted by molar-refractivity contribution is 5.98. The Balaban J connectivity index is 0.000000384. The molecule has 192 valence electrons. The molecule has 1 unspecified atom stereocenters. The van der Waals surface area contributed by atoms with Crippen molar-refractivity contribution in [3.63, 3.8) is 0 Å². The Hall–Kier alpha value is -3.44. The van der Waals surface area contributed by atoms with Gasteiger partial charge in [0.1, 0.15) is 11.3 Å². The summed E-state index contributed by atoms with van der Waals surface area (Å²) in [7, 11) is 0. The Bertz CT molecular complexity index is 1200. The van der Waals surface area contributed by atoms with Crippen LogP contribution in [-0.4, -0.2) is 69.4 Å². The number of likely N-dealkylation sites (tertiary alicyclic amines) is 1. The Kier molecular flexibility index (Phi) is 7.32. The fourth-order valence-corrected chi connectivity index (χ4v) is 4.38. The molecule has 1 aromatic carbocycles. The van der Waals surface area contributed by atoms with Gasteiger partial charge in [0.15, 0.2) is 0 Å². The van der Waals surface area contributed by atoms with Crippen LogP contribution in [-0.2, 0) is 20.9 Å². The van der Waals surface area contributed by atoms with Crippen molar-refractivity contribution in [3.05, 3.63) is 65.6 Å². The highest BCUT2D eigenvalue weighted by atomic mass is 19.4. The van der Waals surface area contributed by atoms with Crippen molar-refractivity contribution in [1.82, 2.24) is 14.9 Å². The second kappa shape index (κ2) is 10.3. The van der Waals surface area contributed by atoms with Crippen molar-refractivity contribution in [1.29, 1.82) is 0 Å². The average molecular weight is 505 g/mol. The number of aromatic nitrogens is 2. The van der Waals surface area contributed by atoms with E-state index in [2.05, 4.69) is 9.97 Å². The molecule has 2 aromatic heterocycles. The Morgan fingerprint density at radius 1 is 1.22 bits per heavy atom. The number of H-pyrrole nitrogens is 1. The first-order valence-electron chi connectivity index (χ1n) is 11.4. The molecule has 0 saturated carbocycles. The molecule has 2 fully saturated rings. The van der Waals surface area contributed by atoms with E-state index >= 15 is 0 Å². The number of carbonyl (C=O) groups is 2. The van der Waals surface area contributed by atoms with Gasteiger partial charge in [-0.3, -0.25) is 9.78 Å². The maximum Gasteiger partial charge on any atom is 0.490 e. The number of carboxylic acid groups (broad SMARTS) is 1. The maximum atomic E-state index is 12.8. The zero-order valence-corrected chi connectivity index (χ0v) is 19.5. The number of benzene rings is 1. The van der Waals surface area contributed by atoms with Crippen molar-refractivity contribution in [2.75, 3.05) is 19.7 Å². The van der Waals surface area contributed by atoms with Crippen LogP contribution in [0.2, 0.25) is 0 Å². The predicted molar refractivity (Wildman–Crippen MR) is 123 cm³/mol. The molecule has 1 atom stereocenters. The molecule has 36 heavy (non-hydrogen) atoms. The third kappa shape index (κ3) is 6.03. The van der Waals surface area contributed by atoms with Gasteiger partial charge in [-0.1, -0.05) is 24.3 Å². The number of para-hydroxylation sites is 1. The maximum absolute atomic E-state index is 12.8. The Morgan fingerprint density at radius 3 is 2.61 bits per heavy atom. The number of fused-ring (bicyclic) bond motifs is 1. The molecule has 3 aromatic rings. The van der Waals surface area contributed by atoms with Crippen LogP contribution in [0.5, 0.6) is 0 Å². The minimum absolute atomic E-state index is 0.0300. The van der Waals surface area contributed by atoms with E-state index < -0.39 is 12.1 Å². The molecule has 1 amide bonds. The third-order valence-electron chi connectivity index (χ3n) is 6.11. The van der Waals surface area contributed by atoms with E-state index in [1.807, 2.05) is 60.4 Å². The lowest BCUT2D eigenvalue weighted by Crippen LogP contribution is -2.67. The highest BCUT2D eigenvalue weighted by Crippen LogP contribution is 2.36. The molecule has 2 aliphatic rings. The number of pyridine rings is 1. The second-order valence-corrected chi connectivity index (χ2v) is 8.96. The molecule has 2 N–H and O–H groups in total. The normalized spacial score (nSPS) is 18.9. The van der Waals surface area contributed by atoms with Crippen LogP contribution in [0.4, 0.5) is 13.2 Å². The van der Waals surface area contributed by atoms with Gasteiger partial charge in [-0.25, -0.2) is 4.79 Å². The van der Waals surface area contributed by atoms with E-state index in [9.17, 15) is 18.0 Å². The molecule has 2 aliphatic heterocycles. The second-order valence-electron chi connectivity index (χ2n) is 8.96. The number of amides is 1. The molecule has 8 nitrogen and oxygen atoms in total. The lowest BCUT2D eigenvalue weighted by molar-refractivity contribution is -0.192. The van der Waals surface area contributed by atoms with Crippen LogP contribution >= 0.6 is 0 Å². The largest absolute Gasteiger partial charge is 0.490 e. The summed E-state index contributed by atoms with van der Waals surface area (Å²) in [6, 6.07) is 15.8. The smallest absolute Gasteiger partial charge is 0.475 e. The number of ether oxygens (including phenoxy) is 2. The molecule has 5 rings (SSSR count). The minimum Gasteiger partial charge on any atom is -0.475 e. The topological polar surface area (TPSA) is 105 Å². The van der Waals surface area contributed by atoms with Crippen molar-refractivity contribution in [3.8, 4) is 0 Å². The van der Waals surface area contributed by atoms with Crippen molar-refractivity contribution in [2.24, 2.45) is 0 Å². The fraction of sp³-hybridized carbons (Fsp3) is 0.400. The summed E-state index contributed by atoms with van der Waals surface area (Å²) in [5, 5.41) is 8.18. The number of nitrogens with zero attached hydrogens (tertiary/aromatic N) is 2. The highest BCUT2D eigenvalue weighted by Gasteiger charge is 2.50. The first kappa shape index (κ1) is 25.6. The van der Waals surface area contributed by atoms with Gasteiger partial charge < -0.3 is 24.5 Å². The molecule has 1 spiro atoms. The summed E-state index contributed by atoms with van der Waals surface area (Å²) < 4.78 is 43.9. The van der Waals surface area contributed by atoms with E-state index in [1.54, 1.807) is 0 Å². The van der Waals surface area contributed by atoms with Gasteiger partial charge >= 0.3 is 12.1 Å². The monoisotopic (exact) mass is 505 g/mol. The number of carboxylic acids is 1. The summed E-state index contributed by atoms with van der Waals surface area (Å²) in [6.45, 7) is 4.40. The number of halogens is 3. The van der Waals surface area contributed by atoms with Crippen molar-refractivity contribution in [2.45, 2.75) is 44.3 Å². The summed E-state index contributed by atoms with van der Waals surface area (Å²) in [6.07, 6.45) is -3.25. The average Bonchev–Trinajstić information content (AvgIpc) is 3.25. The third-order valence-corrected chi connectivity index (χ3v) is 6.11. The van der Waals surface area contributed by atoms with Gasteiger partial charge in [-0.05, 0) is 37.6 Å². The van der Waals surface area contributed by atoms with E-state index in [0.29, 0.717) is 32.0 Å². The summed E-state index contributed by atoms with van der Waals surface area (Å²) >= 11 is 0. The van der Waals surface area contributed by atoms with E-state index in [4.69, 9.17) is 19.4 Å². The van der Waals surface area contributed by atoms with Gasteiger partial charge in [0, 0.05) is 29.6 Å². The zero-order chi connectivity index (χ0) is 25.9. The molecule has 0 bridgehead atoms. The van der Waals surface area contributed by atoms with Crippen LogP contribution in [0.3, 0.4) is 0 Å². The minimum atomic E-state index is -5.08. The first-order valence-corrected chi connectivity index (χ1v) is 11.4. The SMILES string of the molecule is Cc1cccc(COC2CCOC3(C2)CN(C(=O)c2cc4ccccc4[nH]2)C3)n1.O=C(O)C(F)(F)F. The lowest BCUT2D eigenvalue weighted by atomic mass is 9.84. The summed E-state index contributed by atoms with van der Waals surface area (Å²) in [5.74, 6) is -2.73. The molecule has 11 heteroatoms. The predicted octanol–water partition coefficient (Wildman–Crippen LogP) is 4.10. The van der Waals surface area contributed by atoms with Crippen LogP contribution < -0.4 is 0 Å². The van der Waals surface area contributed by atoms with E-state index in [1.165, 1.54) is 0 Å². The van der Waals surface area contributed by atoms with Gasteiger partial charge in [0.05, 0.1) is 31.5 Å². The number of aryl methyl sites for hydroxylation is 1. The molecule has 0 radical (unpaired) electrons. The van der Waals surface area contributed by atoms with Crippen LogP contribution in [0, 0.1) is 6.92 Å². The van der Waals surface area contributed by atoms with Gasteiger partial charge in [0.25, 0.3) is 5.91 Å². The zero-order valence-electron chi connectivity index (χ0n) is 19.5. The first-order chi connectivity index (χ1) is 17.0. The number of hydrogen-bond acceptors (Lipinski definition) is 5. The van der Waals surface area contributed by atoms with Crippen LogP contribution in [0.25, 0.3) is 10.9 Å². The van der Waals surface area contributed by atoms with Gasteiger partial charge in [-0.15, -0.1) is 0 Å². The quantitative estimate of drug-likeness (QED) is 0.554. The van der Waals surface area contributed by atoms with Crippen LogP contribution in [0.15, 0.2) is 48.5 Å². The van der Waals surface area contributed by atoms with Gasteiger partial charge in [0.2, 0.25) is 0 Å². The number of aromatic amines is 1. The number of hydrogen-bond donors (Lipinski definition) is 2. The molecule has 4 heterocycles. The lowest BCUT2D eigenvalue weighted by Gasteiger charge is -2.52. The number of alkyl halides is 3. The molecular weight excluding hydrogens is 479 g/mol. The summed E-state index contributed by atoms with van der Waals surface area (Å²) in [5.41, 5.74) is 3.30. The Morgan fingerprint density at radius 2 is 1.94 bits per heavy atom. The Labute approximate surface area is 205 Å². The standard InChI is InChI=1S/C23H25N3O3.C2HF3O2/c1-16-5-4-7-18(24-16)13-28-19-9-10-29-23(12-19)14-26(15-23)22(27)21-11-17-6-2-3-8-20(17)25-21;3-2(4,5)1(6)7/h2-8,11,19,25H,9-10,12-15H2,1H3;(H,6,7). The van der Waals surface area contributed by atoms with E-state index in [0.717, 1.165) is 35.1 Å². The fourth-order valence-electron chi connectivity index (χ4n) is 4.38.